The van der Waals surface area contributed by atoms with Gasteiger partial charge in [-0.15, -0.1) is 0 Å². The van der Waals surface area contributed by atoms with E-state index in [1.165, 1.54) is 0 Å². The van der Waals surface area contributed by atoms with Crippen molar-refractivity contribution in [2.45, 2.75) is 30.9 Å². The number of aromatic amines is 1. The van der Waals surface area contributed by atoms with Gasteiger partial charge in [0, 0.05) is 6.07 Å². The molecule has 1 aromatic heterocycles. The summed E-state index contributed by atoms with van der Waals surface area (Å²) >= 11 is 0. The van der Waals surface area contributed by atoms with E-state index in [0.29, 0.717) is 11.4 Å². The van der Waals surface area contributed by atoms with E-state index in [4.69, 9.17) is 0 Å². The second-order valence-electron chi connectivity index (χ2n) is 9.81. The zero-order chi connectivity index (χ0) is 25.1. The Morgan fingerprint density at radius 2 is 1.69 bits per heavy atom. The molecule has 4 aromatic rings. The molecule has 2 fully saturated rings. The molecule has 0 bridgehead atoms. The fourth-order valence-electron chi connectivity index (χ4n) is 6.02. The van der Waals surface area contributed by atoms with Crippen molar-refractivity contribution < 1.29 is 17.6 Å². The molecule has 182 valence electrons. The molecular weight excluding hydrogens is 468 g/mol. The molecule has 8 heteroatoms. The summed E-state index contributed by atoms with van der Waals surface area (Å²) in [6, 6.07) is 19.3. The van der Waals surface area contributed by atoms with Gasteiger partial charge in [-0.05, 0) is 72.7 Å². The summed E-state index contributed by atoms with van der Waals surface area (Å²) in [4.78, 5) is 7.78. The quantitative estimate of drug-likeness (QED) is 0.331. The molecule has 1 unspecified atom stereocenters. The second kappa shape index (κ2) is 7.90. The fraction of sp³-hybridized carbons (Fsp3) is 0.286. The summed E-state index contributed by atoms with van der Waals surface area (Å²) in [5, 5.41) is 12.6. The maximum Gasteiger partial charge on any atom is 0.419 e. The van der Waals surface area contributed by atoms with Gasteiger partial charge in [0.05, 0.1) is 33.6 Å². The summed E-state index contributed by atoms with van der Waals surface area (Å²) in [6.45, 7) is 1.71. The van der Waals surface area contributed by atoms with Crippen LogP contribution in [0.1, 0.15) is 41.8 Å². The Bertz CT molecular complexity index is 1510. The smallest absolute Gasteiger partial charge is 0.341 e. The van der Waals surface area contributed by atoms with Crippen molar-refractivity contribution in [2.75, 3.05) is 13.1 Å². The van der Waals surface area contributed by atoms with Gasteiger partial charge < -0.3 is 10.3 Å². The number of aromatic nitrogens is 2. The summed E-state index contributed by atoms with van der Waals surface area (Å²) < 4.78 is 54.2. The van der Waals surface area contributed by atoms with Gasteiger partial charge in [-0.25, -0.2) is 9.37 Å². The minimum Gasteiger partial charge on any atom is -0.341 e. The number of H-pyrrole nitrogens is 1. The molecule has 2 N–H and O–H groups in total. The van der Waals surface area contributed by atoms with Crippen LogP contribution in [0.4, 0.5) is 17.6 Å². The molecular formula is C28H22F4N4. The number of nitrogens with zero attached hydrogens (tertiary/aromatic N) is 2. The number of fused-ring (bicyclic) bond motifs is 1. The highest BCUT2D eigenvalue weighted by atomic mass is 19.4. The highest BCUT2D eigenvalue weighted by Crippen LogP contribution is 2.71. The summed E-state index contributed by atoms with van der Waals surface area (Å²) in [5.41, 5.74) is 2.02. The third-order valence-electron chi connectivity index (χ3n) is 7.93. The van der Waals surface area contributed by atoms with Crippen molar-refractivity contribution in [3.05, 3.63) is 89.0 Å². The Morgan fingerprint density at radius 1 is 0.944 bits per heavy atom. The first-order chi connectivity index (χ1) is 17.3. The minimum atomic E-state index is -4.78. The number of alkyl halides is 3. The Labute approximate surface area is 205 Å². The molecule has 2 heterocycles. The number of nitrogens with one attached hydrogen (secondary N) is 2. The van der Waals surface area contributed by atoms with E-state index in [9.17, 15) is 22.8 Å². The number of hydrogen-bond acceptors (Lipinski definition) is 3. The van der Waals surface area contributed by atoms with Crippen molar-refractivity contribution in [3.63, 3.8) is 0 Å². The Kier molecular flexibility index (Phi) is 4.99. The van der Waals surface area contributed by atoms with Crippen LogP contribution in [0.5, 0.6) is 0 Å². The monoisotopic (exact) mass is 490 g/mol. The number of hydrogen-bond donors (Lipinski definition) is 2. The summed E-state index contributed by atoms with van der Waals surface area (Å²) in [6.07, 6.45) is -2.13. The highest BCUT2D eigenvalue weighted by Gasteiger charge is 2.69. The van der Waals surface area contributed by atoms with Crippen molar-refractivity contribution in [2.24, 2.45) is 5.41 Å². The third-order valence-corrected chi connectivity index (χ3v) is 7.93. The highest BCUT2D eigenvalue weighted by molar-refractivity contribution is 5.77. The van der Waals surface area contributed by atoms with Crippen LogP contribution < -0.4 is 5.32 Å². The van der Waals surface area contributed by atoms with Crippen LogP contribution in [0.2, 0.25) is 0 Å². The van der Waals surface area contributed by atoms with E-state index in [2.05, 4.69) is 21.4 Å². The molecule has 36 heavy (non-hydrogen) atoms. The minimum absolute atomic E-state index is 0.0697. The molecule has 1 saturated heterocycles. The molecule has 1 aliphatic carbocycles. The number of imidazole rings is 1. The molecule has 1 atom stereocenters. The normalized spacial score (nSPS) is 21.0. The van der Waals surface area contributed by atoms with Crippen LogP contribution in [0, 0.1) is 22.6 Å². The standard InChI is InChI=1S/C28H22F4N4/c29-22-14-24-23(13-21(22)28(30,31)32)35-25(36-24)27(16-26(27)8-10-34-11-9-26)20-6-4-18(5-7-20)19-3-1-2-17(12-19)15-33/h1-7,12-14,34H,8-11,16H2,(H,35,36). The topological polar surface area (TPSA) is 64.5 Å². The van der Waals surface area contributed by atoms with Gasteiger partial charge in [-0.1, -0.05) is 36.4 Å². The lowest BCUT2D eigenvalue weighted by Gasteiger charge is -2.29. The van der Waals surface area contributed by atoms with Crippen LogP contribution in [0.3, 0.4) is 0 Å². The molecule has 4 nitrogen and oxygen atoms in total. The maximum absolute atomic E-state index is 14.3. The van der Waals surface area contributed by atoms with Gasteiger partial charge in [0.2, 0.25) is 0 Å². The number of piperidine rings is 1. The lowest BCUT2D eigenvalue weighted by atomic mass is 9.79. The first kappa shape index (κ1) is 22.7. The Hall–Kier alpha value is -3.70. The van der Waals surface area contributed by atoms with Gasteiger partial charge in [0.25, 0.3) is 0 Å². The third kappa shape index (κ3) is 3.41. The van der Waals surface area contributed by atoms with E-state index in [1.807, 2.05) is 42.5 Å². The fourth-order valence-corrected chi connectivity index (χ4v) is 6.02. The SMILES string of the molecule is N#Cc1cccc(-c2ccc(C3(c4nc5cc(F)c(C(F)(F)F)cc5[nH]4)CC34CCNCC4)cc2)c1. The molecule has 1 aliphatic heterocycles. The lowest BCUT2D eigenvalue weighted by Crippen LogP contribution is -2.34. The molecule has 1 saturated carbocycles. The van der Waals surface area contributed by atoms with E-state index in [-0.39, 0.29) is 16.4 Å². The van der Waals surface area contributed by atoms with Crippen molar-refractivity contribution in [1.29, 1.82) is 5.26 Å². The number of halogens is 4. The summed E-state index contributed by atoms with van der Waals surface area (Å²) in [5.74, 6) is -0.740. The van der Waals surface area contributed by atoms with Crippen molar-refractivity contribution in [1.82, 2.24) is 15.3 Å². The Balaban J connectivity index is 1.45. The van der Waals surface area contributed by atoms with Gasteiger partial charge in [-0.3, -0.25) is 0 Å². The van der Waals surface area contributed by atoms with Crippen LogP contribution in [0.25, 0.3) is 22.2 Å². The van der Waals surface area contributed by atoms with Crippen molar-refractivity contribution in [3.8, 4) is 17.2 Å². The average molecular weight is 491 g/mol. The van der Waals surface area contributed by atoms with Crippen LogP contribution in [0.15, 0.2) is 60.7 Å². The lowest BCUT2D eigenvalue weighted by molar-refractivity contribution is -0.139. The first-order valence-electron chi connectivity index (χ1n) is 11.8. The largest absolute Gasteiger partial charge is 0.419 e. The molecule has 6 rings (SSSR count). The Morgan fingerprint density at radius 3 is 2.39 bits per heavy atom. The van der Waals surface area contributed by atoms with Crippen LogP contribution in [-0.2, 0) is 11.6 Å². The zero-order valence-corrected chi connectivity index (χ0v) is 19.2. The average Bonchev–Trinajstić information content (AvgIpc) is 3.31. The number of rotatable bonds is 3. The van der Waals surface area contributed by atoms with Gasteiger partial charge >= 0.3 is 6.18 Å². The zero-order valence-electron chi connectivity index (χ0n) is 19.2. The molecule has 0 radical (unpaired) electrons. The molecule has 0 amide bonds. The predicted octanol–water partition coefficient (Wildman–Crippen LogP) is 6.32. The van der Waals surface area contributed by atoms with E-state index >= 15 is 0 Å². The van der Waals surface area contributed by atoms with Gasteiger partial charge in [0.15, 0.2) is 0 Å². The summed E-state index contributed by atoms with van der Waals surface area (Å²) in [7, 11) is 0. The predicted molar refractivity (Wildman–Crippen MR) is 128 cm³/mol. The van der Waals surface area contributed by atoms with Gasteiger partial charge in [0.1, 0.15) is 11.6 Å². The first-order valence-corrected chi connectivity index (χ1v) is 11.8. The van der Waals surface area contributed by atoms with E-state index in [0.717, 1.165) is 61.2 Å². The molecule has 3 aromatic carbocycles. The van der Waals surface area contributed by atoms with Gasteiger partial charge in [-0.2, -0.15) is 18.4 Å². The van der Waals surface area contributed by atoms with E-state index < -0.39 is 23.0 Å². The van der Waals surface area contributed by atoms with Crippen molar-refractivity contribution >= 4 is 11.0 Å². The number of benzene rings is 3. The molecule has 1 spiro atoms. The van der Waals surface area contributed by atoms with E-state index in [1.54, 1.807) is 6.07 Å². The second-order valence-corrected chi connectivity index (χ2v) is 9.81. The van der Waals surface area contributed by atoms with Crippen LogP contribution in [-0.4, -0.2) is 23.1 Å². The maximum atomic E-state index is 14.3. The van der Waals surface area contributed by atoms with Crippen LogP contribution >= 0.6 is 0 Å². The number of nitriles is 1. The molecule has 2 aliphatic rings.